The molecular weight excluding hydrogens is 288 g/mol. The molecule has 0 saturated heterocycles. The second-order valence-electron chi connectivity index (χ2n) is 5.85. The first-order chi connectivity index (χ1) is 11.2. The number of aromatic nitrogens is 2. The number of fused-ring (bicyclic) bond motifs is 1. The van der Waals surface area contributed by atoms with Crippen molar-refractivity contribution in [1.82, 2.24) is 20.6 Å². The molecule has 0 saturated carbocycles. The van der Waals surface area contributed by atoms with Gasteiger partial charge in [0.05, 0.1) is 0 Å². The van der Waals surface area contributed by atoms with E-state index in [4.69, 9.17) is 0 Å². The van der Waals surface area contributed by atoms with Crippen molar-refractivity contribution < 1.29 is 4.79 Å². The summed E-state index contributed by atoms with van der Waals surface area (Å²) in [6, 6.07) is 5.77. The second-order valence-corrected chi connectivity index (χ2v) is 5.85. The average molecular weight is 310 g/mol. The van der Waals surface area contributed by atoms with E-state index in [0.29, 0.717) is 19.4 Å². The Balaban J connectivity index is 1.59. The van der Waals surface area contributed by atoms with E-state index >= 15 is 0 Å². The maximum atomic E-state index is 12.1. The predicted octanol–water partition coefficient (Wildman–Crippen LogP) is 1.68. The van der Waals surface area contributed by atoms with Crippen molar-refractivity contribution >= 4 is 5.91 Å². The Morgan fingerprint density at radius 2 is 2.26 bits per heavy atom. The lowest BCUT2D eigenvalue weighted by molar-refractivity contribution is -0.121. The van der Waals surface area contributed by atoms with Crippen LogP contribution in [-0.2, 0) is 30.7 Å². The molecule has 0 aromatic carbocycles. The van der Waals surface area contributed by atoms with Crippen LogP contribution < -0.4 is 10.6 Å². The topological polar surface area (TPSA) is 66.9 Å². The van der Waals surface area contributed by atoms with Crippen LogP contribution in [0.3, 0.4) is 0 Å². The first-order valence-electron chi connectivity index (χ1n) is 8.07. The lowest BCUT2D eigenvalue weighted by atomic mass is 9.96. The molecule has 5 heteroatoms. The number of rotatable bonds is 5. The fourth-order valence-corrected chi connectivity index (χ4v) is 2.94. The summed E-state index contributed by atoms with van der Waals surface area (Å²) in [6.45, 7) is 4.42. The summed E-state index contributed by atoms with van der Waals surface area (Å²) >= 11 is 0. The average Bonchev–Trinajstić information content (AvgIpc) is 2.60. The molecule has 0 spiro atoms. The van der Waals surface area contributed by atoms with Gasteiger partial charge in [-0.1, -0.05) is 6.07 Å². The van der Waals surface area contributed by atoms with Gasteiger partial charge in [0.15, 0.2) is 0 Å². The number of carbonyl (C=O) groups excluding carboxylic acids is 1. The molecular formula is C18H22N4O. The molecule has 3 heterocycles. The number of hydrogen-bond acceptors (Lipinski definition) is 4. The van der Waals surface area contributed by atoms with Gasteiger partial charge in [0, 0.05) is 43.3 Å². The lowest BCUT2D eigenvalue weighted by Gasteiger charge is -2.21. The van der Waals surface area contributed by atoms with Crippen LogP contribution in [0.2, 0.25) is 0 Å². The number of nitrogens with one attached hydrogen (secondary N) is 2. The van der Waals surface area contributed by atoms with Crippen molar-refractivity contribution in [3.05, 3.63) is 58.7 Å². The van der Waals surface area contributed by atoms with Gasteiger partial charge in [0.1, 0.15) is 0 Å². The summed E-state index contributed by atoms with van der Waals surface area (Å²) in [5, 5.41) is 6.39. The quantitative estimate of drug-likeness (QED) is 0.882. The minimum Gasteiger partial charge on any atom is -0.352 e. The minimum atomic E-state index is 0.0570. The third kappa shape index (κ3) is 3.93. The van der Waals surface area contributed by atoms with Crippen LogP contribution in [-0.4, -0.2) is 22.4 Å². The smallest absolute Gasteiger partial charge is 0.220 e. The molecule has 2 aromatic heterocycles. The van der Waals surface area contributed by atoms with Gasteiger partial charge < -0.3 is 10.6 Å². The minimum absolute atomic E-state index is 0.0570. The summed E-state index contributed by atoms with van der Waals surface area (Å²) in [4.78, 5) is 20.8. The van der Waals surface area contributed by atoms with Gasteiger partial charge in [-0.15, -0.1) is 0 Å². The van der Waals surface area contributed by atoms with Crippen molar-refractivity contribution in [2.75, 3.05) is 6.54 Å². The molecule has 3 rings (SSSR count). The third-order valence-corrected chi connectivity index (χ3v) is 4.27. The van der Waals surface area contributed by atoms with Crippen molar-refractivity contribution in [2.45, 2.75) is 39.3 Å². The number of amides is 1. The molecule has 0 radical (unpaired) electrons. The fourth-order valence-electron chi connectivity index (χ4n) is 2.94. The highest BCUT2D eigenvalue weighted by atomic mass is 16.1. The molecule has 120 valence electrons. The number of aryl methyl sites for hydroxylation is 2. The fraction of sp³-hybridized carbons (Fsp3) is 0.389. The van der Waals surface area contributed by atoms with Gasteiger partial charge in [-0.2, -0.15) is 0 Å². The van der Waals surface area contributed by atoms with Gasteiger partial charge >= 0.3 is 0 Å². The zero-order valence-electron chi connectivity index (χ0n) is 13.4. The van der Waals surface area contributed by atoms with E-state index in [-0.39, 0.29) is 5.91 Å². The van der Waals surface area contributed by atoms with Crippen LogP contribution in [0.1, 0.15) is 34.5 Å². The van der Waals surface area contributed by atoms with Gasteiger partial charge in [0.2, 0.25) is 5.91 Å². The molecule has 1 amide bonds. The number of carbonyl (C=O) groups is 1. The van der Waals surface area contributed by atoms with Gasteiger partial charge in [-0.05, 0) is 55.1 Å². The lowest BCUT2D eigenvalue weighted by Crippen LogP contribution is -2.29. The van der Waals surface area contributed by atoms with E-state index in [9.17, 15) is 4.79 Å². The van der Waals surface area contributed by atoms with Gasteiger partial charge in [-0.25, -0.2) is 0 Å². The Kier molecular flexibility index (Phi) is 4.98. The molecule has 1 aliphatic rings. The maximum absolute atomic E-state index is 12.1. The van der Waals surface area contributed by atoms with Crippen LogP contribution >= 0.6 is 0 Å². The van der Waals surface area contributed by atoms with E-state index in [0.717, 1.165) is 30.9 Å². The summed E-state index contributed by atoms with van der Waals surface area (Å²) in [5.41, 5.74) is 5.73. The Labute approximate surface area is 136 Å². The molecule has 2 aromatic rings. The van der Waals surface area contributed by atoms with Crippen LogP contribution in [0.25, 0.3) is 0 Å². The van der Waals surface area contributed by atoms with Crippen LogP contribution in [0.5, 0.6) is 0 Å². The Morgan fingerprint density at radius 1 is 1.35 bits per heavy atom. The highest BCUT2D eigenvalue weighted by Crippen LogP contribution is 2.20. The molecule has 1 aliphatic heterocycles. The van der Waals surface area contributed by atoms with Crippen molar-refractivity contribution in [1.29, 1.82) is 0 Å². The Hall–Kier alpha value is -2.27. The number of nitrogens with zero attached hydrogens (tertiary/aromatic N) is 2. The third-order valence-electron chi connectivity index (χ3n) is 4.27. The number of hydrogen-bond donors (Lipinski definition) is 2. The zero-order chi connectivity index (χ0) is 16.1. The largest absolute Gasteiger partial charge is 0.352 e. The highest BCUT2D eigenvalue weighted by Gasteiger charge is 2.16. The monoisotopic (exact) mass is 310 g/mol. The van der Waals surface area contributed by atoms with E-state index in [2.05, 4.69) is 20.6 Å². The maximum Gasteiger partial charge on any atom is 0.220 e. The standard InChI is InChI=1S/C18H22N4O/c1-13-17(16-7-9-19-10-14(16)11-21-13)12-22-18(23)6-5-15-4-2-3-8-20-15/h2-4,8,11,19H,5-7,9-10,12H2,1H3,(H,22,23). The normalized spacial score (nSPS) is 13.4. The molecule has 2 N–H and O–H groups in total. The molecule has 0 bridgehead atoms. The first kappa shape index (κ1) is 15.6. The van der Waals surface area contributed by atoms with Crippen LogP contribution in [0.4, 0.5) is 0 Å². The summed E-state index contributed by atoms with van der Waals surface area (Å²) < 4.78 is 0. The van der Waals surface area contributed by atoms with Gasteiger partial charge in [-0.3, -0.25) is 14.8 Å². The number of pyridine rings is 2. The second kappa shape index (κ2) is 7.33. The predicted molar refractivity (Wildman–Crippen MR) is 88.8 cm³/mol. The molecule has 0 fully saturated rings. The molecule has 23 heavy (non-hydrogen) atoms. The van der Waals surface area contributed by atoms with Crippen LogP contribution in [0.15, 0.2) is 30.6 Å². The molecule has 5 nitrogen and oxygen atoms in total. The van der Waals surface area contributed by atoms with Crippen molar-refractivity contribution in [2.24, 2.45) is 0 Å². The SMILES string of the molecule is Cc1ncc2c(c1CNC(=O)CCc1ccccn1)CCNC2. The summed E-state index contributed by atoms with van der Waals surface area (Å²) in [5.74, 6) is 0.0570. The van der Waals surface area contributed by atoms with E-state index in [1.807, 2.05) is 31.3 Å². The van der Waals surface area contributed by atoms with E-state index < -0.39 is 0 Å². The van der Waals surface area contributed by atoms with Crippen molar-refractivity contribution in [3.8, 4) is 0 Å². The summed E-state index contributed by atoms with van der Waals surface area (Å²) in [6.07, 6.45) is 5.83. The Morgan fingerprint density at radius 3 is 3.09 bits per heavy atom. The first-order valence-corrected chi connectivity index (χ1v) is 8.07. The Bertz CT molecular complexity index is 685. The van der Waals surface area contributed by atoms with Crippen LogP contribution in [0, 0.1) is 6.92 Å². The molecule has 0 aliphatic carbocycles. The van der Waals surface area contributed by atoms with Gasteiger partial charge in [0.25, 0.3) is 0 Å². The zero-order valence-corrected chi connectivity index (χ0v) is 13.4. The summed E-state index contributed by atoms with van der Waals surface area (Å²) in [7, 11) is 0. The van der Waals surface area contributed by atoms with E-state index in [1.165, 1.54) is 16.7 Å². The molecule has 0 unspecified atom stereocenters. The highest BCUT2D eigenvalue weighted by molar-refractivity contribution is 5.76. The molecule has 0 atom stereocenters. The van der Waals surface area contributed by atoms with E-state index in [1.54, 1.807) is 6.20 Å². The van der Waals surface area contributed by atoms with Crippen molar-refractivity contribution in [3.63, 3.8) is 0 Å².